The van der Waals surface area contributed by atoms with Gasteiger partial charge in [0.05, 0.1) is 43.4 Å². The molecule has 12 nitrogen and oxygen atoms in total. The van der Waals surface area contributed by atoms with Crippen molar-refractivity contribution in [1.29, 1.82) is 0 Å². The molecule has 0 radical (unpaired) electrons. The number of hydrogen-bond donors (Lipinski definition) is 3. The van der Waals surface area contributed by atoms with Gasteiger partial charge < -0.3 is 30.0 Å². The lowest BCUT2D eigenvalue weighted by molar-refractivity contribution is -0.265. The second-order valence-electron chi connectivity index (χ2n) is 11.0. The molecule has 1 aromatic carbocycles. The lowest BCUT2D eigenvalue weighted by Crippen LogP contribution is -2.58. The van der Waals surface area contributed by atoms with Crippen LogP contribution in [0.3, 0.4) is 0 Å². The van der Waals surface area contributed by atoms with Gasteiger partial charge in [0.1, 0.15) is 18.2 Å². The molecule has 1 aliphatic rings. The number of methoxy groups -OCH3 is 1. The van der Waals surface area contributed by atoms with Crippen LogP contribution >= 0.6 is 0 Å². The molecule has 0 aliphatic carbocycles. The molecular formula is C26H33F5N8O4. The van der Waals surface area contributed by atoms with Gasteiger partial charge in [-0.25, -0.2) is 28.2 Å². The van der Waals surface area contributed by atoms with Gasteiger partial charge in [-0.2, -0.15) is 18.3 Å². The van der Waals surface area contributed by atoms with Crippen LogP contribution in [-0.4, -0.2) is 92.7 Å². The Hall–Kier alpha value is -3.86. The van der Waals surface area contributed by atoms with E-state index in [1.165, 1.54) is 18.1 Å². The highest BCUT2D eigenvalue weighted by atomic mass is 19.4. The van der Waals surface area contributed by atoms with E-state index in [1.54, 1.807) is 32.0 Å². The second-order valence-corrected chi connectivity index (χ2v) is 11.0. The standard InChI is InChI=1S/C26H33F5N8O4/c1-14(2)39-21(33-13-34-39)22(40)37-18(9-43-24(3,4)26(29,30)31)20-35-16-7-6-15(8-17(16)36-20)19(10-42-5)38-12-25(27,28)11-32-23(38)41/h6-8,13-14,18-19H,9-12H2,1-5H3,(H,32,41)(H,35,36)(H,37,40)/t18-,19+/m0/s1. The van der Waals surface area contributed by atoms with Crippen molar-refractivity contribution < 1.29 is 41.0 Å². The number of fused-ring (bicyclic) bond motifs is 1. The second kappa shape index (κ2) is 12.0. The number of imidazole rings is 1. The van der Waals surface area contributed by atoms with E-state index in [0.717, 1.165) is 18.7 Å². The predicted molar refractivity (Wildman–Crippen MR) is 142 cm³/mol. The summed E-state index contributed by atoms with van der Waals surface area (Å²) in [7, 11) is 1.37. The van der Waals surface area contributed by atoms with Gasteiger partial charge in [-0.15, -0.1) is 0 Å². The number of nitrogens with zero attached hydrogens (tertiary/aromatic N) is 5. The van der Waals surface area contributed by atoms with Crippen molar-refractivity contribution in [2.24, 2.45) is 0 Å². The van der Waals surface area contributed by atoms with Gasteiger partial charge in [-0.1, -0.05) is 6.07 Å². The summed E-state index contributed by atoms with van der Waals surface area (Å²) in [5, 5.41) is 8.82. The molecule has 0 saturated carbocycles. The van der Waals surface area contributed by atoms with E-state index < -0.39 is 61.4 Å². The Labute approximate surface area is 243 Å². The fourth-order valence-electron chi connectivity index (χ4n) is 4.45. The average Bonchev–Trinajstić information content (AvgIpc) is 3.58. The third-order valence-electron chi connectivity index (χ3n) is 6.96. The van der Waals surface area contributed by atoms with Gasteiger partial charge in [0.2, 0.25) is 5.82 Å². The molecule has 1 fully saturated rings. The van der Waals surface area contributed by atoms with E-state index in [-0.39, 0.29) is 24.3 Å². The maximum absolute atomic E-state index is 14.2. The molecule has 3 amide bonds. The summed E-state index contributed by atoms with van der Waals surface area (Å²) < 4.78 is 80.7. The minimum absolute atomic E-state index is 0.0625. The fourth-order valence-corrected chi connectivity index (χ4v) is 4.45. The van der Waals surface area contributed by atoms with Crippen molar-refractivity contribution in [3.63, 3.8) is 0 Å². The number of ether oxygens (including phenoxy) is 2. The molecule has 0 spiro atoms. The summed E-state index contributed by atoms with van der Waals surface area (Å²) in [4.78, 5) is 38.0. The summed E-state index contributed by atoms with van der Waals surface area (Å²) >= 11 is 0. The highest BCUT2D eigenvalue weighted by Crippen LogP contribution is 2.34. The fraction of sp³-hybridized carbons (Fsp3) is 0.577. The van der Waals surface area contributed by atoms with Gasteiger partial charge in [0, 0.05) is 13.2 Å². The molecule has 3 heterocycles. The third kappa shape index (κ3) is 7.04. The monoisotopic (exact) mass is 616 g/mol. The van der Waals surface area contributed by atoms with Crippen LogP contribution < -0.4 is 10.6 Å². The van der Waals surface area contributed by atoms with Crippen molar-refractivity contribution in [3.8, 4) is 0 Å². The van der Waals surface area contributed by atoms with Gasteiger partial charge in [-0.3, -0.25) is 4.79 Å². The number of amides is 3. The number of aromatic nitrogens is 5. The summed E-state index contributed by atoms with van der Waals surface area (Å²) in [6.45, 7) is 2.98. The van der Waals surface area contributed by atoms with Crippen LogP contribution in [0.15, 0.2) is 24.5 Å². The molecule has 43 heavy (non-hydrogen) atoms. The zero-order valence-electron chi connectivity index (χ0n) is 24.1. The number of nitrogens with one attached hydrogen (secondary N) is 3. The summed E-state index contributed by atoms with van der Waals surface area (Å²) in [6, 6.07) is 1.73. The minimum Gasteiger partial charge on any atom is -0.382 e. The predicted octanol–water partition coefficient (Wildman–Crippen LogP) is 3.91. The van der Waals surface area contributed by atoms with Crippen LogP contribution in [0.25, 0.3) is 11.0 Å². The van der Waals surface area contributed by atoms with E-state index >= 15 is 0 Å². The highest BCUT2D eigenvalue weighted by molar-refractivity contribution is 5.91. The SMILES string of the molecule is COC[C@H](c1ccc2nc([C@H](COC(C)(C)C(F)(F)F)NC(=O)c3ncnn3C(C)C)[nH]c2c1)N1CC(F)(F)CNC1=O. The van der Waals surface area contributed by atoms with Gasteiger partial charge >= 0.3 is 12.2 Å². The van der Waals surface area contributed by atoms with Crippen molar-refractivity contribution in [3.05, 3.63) is 41.7 Å². The lowest BCUT2D eigenvalue weighted by Gasteiger charge is -2.38. The molecule has 1 saturated heterocycles. The number of rotatable bonds is 11. The molecule has 0 unspecified atom stereocenters. The number of H-pyrrole nitrogens is 1. The number of carbonyl (C=O) groups excluding carboxylic acids is 2. The number of carbonyl (C=O) groups is 2. The topological polar surface area (TPSA) is 139 Å². The van der Waals surface area contributed by atoms with Crippen molar-refractivity contribution in [2.75, 3.05) is 33.4 Å². The first kappa shape index (κ1) is 32.1. The molecule has 2 aromatic heterocycles. The maximum atomic E-state index is 14.2. The van der Waals surface area contributed by atoms with Crippen LogP contribution in [0.2, 0.25) is 0 Å². The number of hydrogen-bond acceptors (Lipinski definition) is 7. The molecule has 17 heteroatoms. The normalized spacial score (nSPS) is 17.3. The van der Waals surface area contributed by atoms with Crippen LogP contribution in [0.4, 0.5) is 26.7 Å². The maximum Gasteiger partial charge on any atom is 0.416 e. The highest BCUT2D eigenvalue weighted by Gasteiger charge is 2.49. The zero-order chi connectivity index (χ0) is 31.7. The van der Waals surface area contributed by atoms with E-state index in [9.17, 15) is 31.5 Å². The first-order valence-electron chi connectivity index (χ1n) is 13.3. The summed E-state index contributed by atoms with van der Waals surface area (Å²) in [5.74, 6) is -3.87. The van der Waals surface area contributed by atoms with E-state index in [0.29, 0.717) is 16.6 Å². The Balaban J connectivity index is 1.67. The van der Waals surface area contributed by atoms with Gasteiger partial charge in [0.25, 0.3) is 11.8 Å². The summed E-state index contributed by atoms with van der Waals surface area (Å²) in [6.07, 6.45) is -3.51. The first-order valence-corrected chi connectivity index (χ1v) is 13.3. The van der Waals surface area contributed by atoms with Crippen LogP contribution in [0, 0.1) is 0 Å². The first-order chi connectivity index (χ1) is 20.0. The number of alkyl halides is 5. The van der Waals surface area contributed by atoms with Crippen molar-refractivity contribution in [1.82, 2.24) is 40.3 Å². The Kier molecular flexibility index (Phi) is 8.97. The Morgan fingerprint density at radius 1 is 1.21 bits per heavy atom. The molecule has 3 aromatic rings. The molecule has 3 N–H and O–H groups in total. The van der Waals surface area contributed by atoms with Gasteiger partial charge in [0.15, 0.2) is 5.60 Å². The van der Waals surface area contributed by atoms with E-state index in [2.05, 4.69) is 30.7 Å². The molecular weight excluding hydrogens is 583 g/mol. The lowest BCUT2D eigenvalue weighted by atomic mass is 10.0. The number of urea groups is 1. The van der Waals surface area contributed by atoms with E-state index in [1.807, 2.05) is 0 Å². The average molecular weight is 617 g/mol. The van der Waals surface area contributed by atoms with Crippen LogP contribution in [-0.2, 0) is 9.47 Å². The van der Waals surface area contributed by atoms with Crippen molar-refractivity contribution in [2.45, 2.75) is 63.5 Å². The summed E-state index contributed by atoms with van der Waals surface area (Å²) in [5.41, 5.74) is -1.37. The number of aromatic amines is 1. The van der Waals surface area contributed by atoms with Crippen molar-refractivity contribution >= 4 is 23.0 Å². The number of benzene rings is 1. The van der Waals surface area contributed by atoms with Crippen LogP contribution in [0.5, 0.6) is 0 Å². The van der Waals surface area contributed by atoms with Crippen LogP contribution in [0.1, 0.15) is 67.8 Å². The largest absolute Gasteiger partial charge is 0.416 e. The Morgan fingerprint density at radius 3 is 2.58 bits per heavy atom. The zero-order valence-corrected chi connectivity index (χ0v) is 24.1. The smallest absolute Gasteiger partial charge is 0.382 e. The van der Waals surface area contributed by atoms with Gasteiger partial charge in [-0.05, 0) is 45.4 Å². The third-order valence-corrected chi connectivity index (χ3v) is 6.96. The molecule has 4 rings (SSSR count). The molecule has 0 bridgehead atoms. The quantitative estimate of drug-likeness (QED) is 0.278. The molecule has 2 atom stereocenters. The Bertz CT molecular complexity index is 1450. The number of halogens is 5. The molecule has 236 valence electrons. The Morgan fingerprint density at radius 2 is 1.93 bits per heavy atom. The molecule has 1 aliphatic heterocycles. The van der Waals surface area contributed by atoms with E-state index in [4.69, 9.17) is 9.47 Å². The minimum atomic E-state index is -4.70.